The molecule has 2 fully saturated rings. The zero-order chi connectivity index (χ0) is 14.1. The molecule has 2 aromatic rings. The molecule has 21 heavy (non-hydrogen) atoms. The first kappa shape index (κ1) is 12.8. The summed E-state index contributed by atoms with van der Waals surface area (Å²) >= 11 is 0. The maximum Gasteiger partial charge on any atom is 0.229 e. The lowest BCUT2D eigenvalue weighted by Gasteiger charge is -2.31. The largest absolute Gasteiger partial charge is 0.352 e. The van der Waals surface area contributed by atoms with Gasteiger partial charge in [-0.05, 0) is 0 Å². The summed E-state index contributed by atoms with van der Waals surface area (Å²) in [6.07, 6.45) is 1.70. The van der Waals surface area contributed by atoms with Crippen LogP contribution in [0.3, 0.4) is 0 Å². The minimum Gasteiger partial charge on any atom is -0.352 e. The second-order valence-electron chi connectivity index (χ2n) is 5.42. The number of aromatic nitrogens is 4. The van der Waals surface area contributed by atoms with E-state index in [9.17, 15) is 0 Å². The molecule has 4 heterocycles. The number of nitrogens with one attached hydrogen (secondary N) is 3. The van der Waals surface area contributed by atoms with E-state index >= 15 is 0 Å². The van der Waals surface area contributed by atoms with Gasteiger partial charge in [0.1, 0.15) is 5.52 Å². The fraction of sp³-hybridized carbons (Fsp3) is 0.615. The fourth-order valence-electron chi connectivity index (χ4n) is 2.92. The molecule has 0 aliphatic carbocycles. The number of H-pyrrole nitrogens is 1. The topological polar surface area (TPSA) is 85.0 Å². The molecule has 2 saturated heterocycles. The van der Waals surface area contributed by atoms with Gasteiger partial charge in [0.2, 0.25) is 5.95 Å². The first-order valence-electron chi connectivity index (χ1n) is 7.54. The van der Waals surface area contributed by atoms with Crippen LogP contribution in [0.2, 0.25) is 0 Å². The Bertz CT molecular complexity index is 612. The van der Waals surface area contributed by atoms with Gasteiger partial charge in [0, 0.05) is 52.4 Å². The molecular formula is C13H20N8. The lowest BCUT2D eigenvalue weighted by Crippen LogP contribution is -2.45. The van der Waals surface area contributed by atoms with E-state index in [4.69, 9.17) is 4.98 Å². The minimum absolute atomic E-state index is 0.757. The number of rotatable bonds is 2. The van der Waals surface area contributed by atoms with Crippen molar-refractivity contribution >= 4 is 22.9 Å². The molecule has 2 aliphatic heterocycles. The van der Waals surface area contributed by atoms with Crippen molar-refractivity contribution in [2.45, 2.75) is 0 Å². The molecule has 0 saturated carbocycles. The van der Waals surface area contributed by atoms with Crippen molar-refractivity contribution in [1.29, 1.82) is 0 Å². The highest BCUT2D eigenvalue weighted by Crippen LogP contribution is 2.24. The molecule has 3 N–H and O–H groups in total. The summed E-state index contributed by atoms with van der Waals surface area (Å²) in [5.41, 5.74) is 1.70. The van der Waals surface area contributed by atoms with Gasteiger partial charge in [0.05, 0.1) is 6.33 Å². The molecule has 0 atom stereocenters. The number of fused-ring (bicyclic) bond motifs is 1. The van der Waals surface area contributed by atoms with Gasteiger partial charge >= 0.3 is 0 Å². The Hall–Kier alpha value is -1.93. The van der Waals surface area contributed by atoms with Crippen molar-refractivity contribution in [3.05, 3.63) is 6.33 Å². The van der Waals surface area contributed by atoms with Gasteiger partial charge in [-0.2, -0.15) is 9.97 Å². The second kappa shape index (κ2) is 5.45. The fourth-order valence-corrected chi connectivity index (χ4v) is 2.92. The molecule has 112 valence electrons. The van der Waals surface area contributed by atoms with Gasteiger partial charge in [-0.15, -0.1) is 0 Å². The number of hydrogen-bond donors (Lipinski definition) is 3. The molecule has 4 rings (SSSR count). The van der Waals surface area contributed by atoms with Crippen molar-refractivity contribution < 1.29 is 0 Å². The summed E-state index contributed by atoms with van der Waals surface area (Å²) in [7, 11) is 0. The van der Waals surface area contributed by atoms with Crippen LogP contribution in [0.4, 0.5) is 11.8 Å². The van der Waals surface area contributed by atoms with Crippen LogP contribution in [0.5, 0.6) is 0 Å². The van der Waals surface area contributed by atoms with Crippen LogP contribution in [0, 0.1) is 0 Å². The highest BCUT2D eigenvalue weighted by atomic mass is 15.3. The lowest BCUT2D eigenvalue weighted by atomic mass is 10.3. The van der Waals surface area contributed by atoms with Crippen LogP contribution in [-0.4, -0.2) is 72.3 Å². The standard InChI is InChI=1S/C13H20N8/c1-5-20(6-2-14-1)12-10-11(17-9-16-10)18-13(19-12)21-7-3-15-4-8-21/h9,14-15H,1-8H2,(H,16,17,18,19). The smallest absolute Gasteiger partial charge is 0.229 e. The van der Waals surface area contributed by atoms with Gasteiger partial charge < -0.3 is 25.4 Å². The van der Waals surface area contributed by atoms with Crippen LogP contribution in [0.15, 0.2) is 6.33 Å². The highest BCUT2D eigenvalue weighted by molar-refractivity contribution is 5.84. The van der Waals surface area contributed by atoms with E-state index in [-0.39, 0.29) is 0 Å². The van der Waals surface area contributed by atoms with Crippen molar-refractivity contribution in [3.8, 4) is 0 Å². The van der Waals surface area contributed by atoms with E-state index in [1.807, 2.05) is 0 Å². The Labute approximate surface area is 123 Å². The summed E-state index contributed by atoms with van der Waals surface area (Å²) in [6.45, 7) is 7.74. The third-order valence-electron chi connectivity index (χ3n) is 4.07. The van der Waals surface area contributed by atoms with E-state index in [0.717, 1.165) is 75.3 Å². The molecule has 8 heteroatoms. The number of anilines is 2. The van der Waals surface area contributed by atoms with E-state index in [1.165, 1.54) is 0 Å². The first-order chi connectivity index (χ1) is 10.4. The SMILES string of the molecule is c1nc2nc(N3CCNCC3)nc(N3CCNCC3)c2[nH]1. The van der Waals surface area contributed by atoms with Crippen molar-refractivity contribution in [3.63, 3.8) is 0 Å². The molecule has 0 aromatic carbocycles. The molecule has 2 aliphatic rings. The molecule has 2 aromatic heterocycles. The van der Waals surface area contributed by atoms with E-state index in [1.54, 1.807) is 6.33 Å². The second-order valence-corrected chi connectivity index (χ2v) is 5.42. The summed E-state index contributed by atoms with van der Waals surface area (Å²) < 4.78 is 0. The number of aromatic amines is 1. The first-order valence-corrected chi connectivity index (χ1v) is 7.54. The van der Waals surface area contributed by atoms with Crippen LogP contribution in [0.25, 0.3) is 11.2 Å². The average molecular weight is 288 g/mol. The number of hydrogen-bond acceptors (Lipinski definition) is 7. The van der Waals surface area contributed by atoms with Gasteiger partial charge in [-0.1, -0.05) is 0 Å². The van der Waals surface area contributed by atoms with Gasteiger partial charge in [-0.3, -0.25) is 0 Å². The Morgan fingerprint density at radius 1 is 0.857 bits per heavy atom. The third-order valence-corrected chi connectivity index (χ3v) is 4.07. The molecule has 0 amide bonds. The molecule has 0 bridgehead atoms. The van der Waals surface area contributed by atoms with Crippen molar-refractivity contribution in [2.75, 3.05) is 62.2 Å². The summed E-state index contributed by atoms with van der Waals surface area (Å²) in [6, 6.07) is 0. The molecular weight excluding hydrogens is 268 g/mol. The summed E-state index contributed by atoms with van der Waals surface area (Å²) in [4.78, 5) is 21.5. The number of imidazole rings is 1. The predicted molar refractivity (Wildman–Crippen MR) is 81.8 cm³/mol. The Kier molecular flexibility index (Phi) is 3.32. The van der Waals surface area contributed by atoms with E-state index < -0.39 is 0 Å². The van der Waals surface area contributed by atoms with Crippen molar-refractivity contribution in [2.24, 2.45) is 0 Å². The molecule has 0 spiro atoms. The van der Waals surface area contributed by atoms with Crippen LogP contribution in [0.1, 0.15) is 0 Å². The zero-order valence-corrected chi connectivity index (χ0v) is 12.0. The van der Waals surface area contributed by atoms with Gasteiger partial charge in [-0.25, -0.2) is 4.98 Å². The van der Waals surface area contributed by atoms with E-state index in [0.29, 0.717) is 0 Å². The Morgan fingerprint density at radius 3 is 2.24 bits per heavy atom. The van der Waals surface area contributed by atoms with Crippen LogP contribution >= 0.6 is 0 Å². The number of nitrogens with zero attached hydrogens (tertiary/aromatic N) is 5. The molecule has 0 unspecified atom stereocenters. The average Bonchev–Trinajstić information content (AvgIpc) is 3.04. The predicted octanol–water partition coefficient (Wildman–Crippen LogP) is -0.828. The normalized spacial score (nSPS) is 20.2. The summed E-state index contributed by atoms with van der Waals surface area (Å²) in [5.74, 6) is 1.78. The minimum atomic E-state index is 0.757. The lowest BCUT2D eigenvalue weighted by molar-refractivity contribution is 0.574. The van der Waals surface area contributed by atoms with E-state index in [2.05, 4.69) is 35.4 Å². The Morgan fingerprint density at radius 2 is 1.52 bits per heavy atom. The maximum absolute atomic E-state index is 4.83. The van der Waals surface area contributed by atoms with Crippen LogP contribution in [-0.2, 0) is 0 Å². The third kappa shape index (κ3) is 2.40. The Balaban J connectivity index is 1.74. The van der Waals surface area contributed by atoms with Crippen molar-refractivity contribution in [1.82, 2.24) is 30.6 Å². The summed E-state index contributed by atoms with van der Waals surface area (Å²) in [5, 5.41) is 6.73. The molecule has 0 radical (unpaired) electrons. The van der Waals surface area contributed by atoms with Gasteiger partial charge in [0.15, 0.2) is 11.5 Å². The highest BCUT2D eigenvalue weighted by Gasteiger charge is 2.21. The van der Waals surface area contributed by atoms with Crippen LogP contribution < -0.4 is 20.4 Å². The number of piperazine rings is 2. The monoisotopic (exact) mass is 288 g/mol. The van der Waals surface area contributed by atoms with Gasteiger partial charge in [0.25, 0.3) is 0 Å². The zero-order valence-electron chi connectivity index (χ0n) is 12.0. The molecule has 8 nitrogen and oxygen atoms in total. The maximum atomic E-state index is 4.83. The quantitative estimate of drug-likeness (QED) is 0.665.